The summed E-state index contributed by atoms with van der Waals surface area (Å²) in [4.78, 5) is 22.3. The number of amides is 1. The smallest absolute Gasteiger partial charge is 0.328 e. The second-order valence-corrected chi connectivity index (χ2v) is 3.16. The number of esters is 1. The standard InChI is InChI=1S/C9H18N2O3.ClH/c1-4-6(2)8(9(13)14-3)11-7(12)5-10;/h6,8H,4-5,10H2,1-3H3,(H,11,12);1H/t6-,8-;/m0./s1. The number of halogens is 1. The summed E-state index contributed by atoms with van der Waals surface area (Å²) in [5.74, 6) is -0.736. The van der Waals surface area contributed by atoms with Gasteiger partial charge < -0.3 is 15.8 Å². The second kappa shape index (κ2) is 8.49. The zero-order valence-electron chi connectivity index (χ0n) is 9.28. The Kier molecular flexibility index (Phi) is 9.41. The van der Waals surface area contributed by atoms with Crippen LogP contribution in [0.4, 0.5) is 0 Å². The number of nitrogens with one attached hydrogen (secondary N) is 1. The van der Waals surface area contributed by atoms with Gasteiger partial charge in [0.2, 0.25) is 5.91 Å². The van der Waals surface area contributed by atoms with E-state index in [2.05, 4.69) is 10.1 Å². The number of hydrogen-bond acceptors (Lipinski definition) is 4. The van der Waals surface area contributed by atoms with Gasteiger partial charge in [-0.1, -0.05) is 20.3 Å². The molecule has 0 aromatic carbocycles. The molecule has 0 aromatic rings. The lowest BCUT2D eigenvalue weighted by Gasteiger charge is -2.21. The van der Waals surface area contributed by atoms with Crippen molar-refractivity contribution in [1.29, 1.82) is 0 Å². The minimum absolute atomic E-state index is 0. The van der Waals surface area contributed by atoms with Crippen molar-refractivity contribution in [1.82, 2.24) is 5.32 Å². The number of nitrogens with two attached hydrogens (primary N) is 1. The van der Waals surface area contributed by atoms with E-state index in [1.807, 2.05) is 13.8 Å². The lowest BCUT2D eigenvalue weighted by Crippen LogP contribution is -2.47. The monoisotopic (exact) mass is 238 g/mol. The predicted molar refractivity (Wildman–Crippen MR) is 59.7 cm³/mol. The van der Waals surface area contributed by atoms with Gasteiger partial charge in [0, 0.05) is 0 Å². The summed E-state index contributed by atoms with van der Waals surface area (Å²) in [7, 11) is 1.30. The van der Waals surface area contributed by atoms with Crippen LogP contribution in [0.2, 0.25) is 0 Å². The van der Waals surface area contributed by atoms with Gasteiger partial charge in [-0.15, -0.1) is 12.4 Å². The lowest BCUT2D eigenvalue weighted by atomic mass is 9.99. The van der Waals surface area contributed by atoms with Crippen molar-refractivity contribution in [3.63, 3.8) is 0 Å². The second-order valence-electron chi connectivity index (χ2n) is 3.16. The fraction of sp³-hybridized carbons (Fsp3) is 0.778. The van der Waals surface area contributed by atoms with E-state index in [0.717, 1.165) is 6.42 Å². The Morgan fingerprint density at radius 1 is 1.47 bits per heavy atom. The van der Waals surface area contributed by atoms with Gasteiger partial charge in [0.25, 0.3) is 0 Å². The molecule has 90 valence electrons. The molecule has 0 spiro atoms. The van der Waals surface area contributed by atoms with E-state index < -0.39 is 12.0 Å². The SMILES string of the molecule is CC[C@H](C)[C@H](NC(=O)CN)C(=O)OC.Cl. The van der Waals surface area contributed by atoms with Crippen LogP contribution >= 0.6 is 12.4 Å². The molecule has 0 unspecified atom stereocenters. The Morgan fingerprint density at radius 3 is 2.33 bits per heavy atom. The highest BCUT2D eigenvalue weighted by molar-refractivity contribution is 5.85. The largest absolute Gasteiger partial charge is 0.467 e. The highest BCUT2D eigenvalue weighted by atomic mass is 35.5. The van der Waals surface area contributed by atoms with Crippen LogP contribution < -0.4 is 11.1 Å². The average Bonchev–Trinajstić information content (AvgIpc) is 2.23. The van der Waals surface area contributed by atoms with Crippen LogP contribution in [0, 0.1) is 5.92 Å². The zero-order chi connectivity index (χ0) is 11.1. The van der Waals surface area contributed by atoms with E-state index in [1.165, 1.54) is 7.11 Å². The first-order valence-corrected chi connectivity index (χ1v) is 4.64. The van der Waals surface area contributed by atoms with Crippen molar-refractivity contribution in [2.24, 2.45) is 11.7 Å². The van der Waals surface area contributed by atoms with Gasteiger partial charge in [0.1, 0.15) is 6.04 Å². The van der Waals surface area contributed by atoms with Crippen LogP contribution in [0.25, 0.3) is 0 Å². The summed E-state index contributed by atoms with van der Waals surface area (Å²) in [6, 6.07) is -0.596. The van der Waals surface area contributed by atoms with Crippen LogP contribution in [0.1, 0.15) is 20.3 Å². The Bertz CT molecular complexity index is 212. The first-order chi connectivity index (χ1) is 6.56. The summed E-state index contributed by atoms with van der Waals surface area (Å²) in [5, 5.41) is 2.53. The Labute approximate surface area is 96.1 Å². The molecule has 0 rings (SSSR count). The molecule has 1 amide bonds. The summed E-state index contributed by atoms with van der Waals surface area (Å²) >= 11 is 0. The molecule has 0 radical (unpaired) electrons. The van der Waals surface area contributed by atoms with E-state index in [0.29, 0.717) is 0 Å². The highest BCUT2D eigenvalue weighted by Crippen LogP contribution is 2.08. The summed E-state index contributed by atoms with van der Waals surface area (Å²) < 4.78 is 4.59. The number of rotatable bonds is 5. The molecule has 0 aliphatic heterocycles. The van der Waals surface area contributed by atoms with Crippen LogP contribution in [0.5, 0.6) is 0 Å². The molecule has 6 heteroatoms. The number of carbonyl (C=O) groups excluding carboxylic acids is 2. The molecule has 0 fully saturated rings. The molecule has 0 aromatic heterocycles. The molecule has 15 heavy (non-hydrogen) atoms. The van der Waals surface area contributed by atoms with Gasteiger partial charge in [-0.25, -0.2) is 4.79 Å². The van der Waals surface area contributed by atoms with E-state index in [1.54, 1.807) is 0 Å². The van der Waals surface area contributed by atoms with Gasteiger partial charge in [0.15, 0.2) is 0 Å². The van der Waals surface area contributed by atoms with E-state index in [4.69, 9.17) is 5.73 Å². The highest BCUT2D eigenvalue weighted by Gasteiger charge is 2.25. The molecular weight excluding hydrogens is 220 g/mol. The molecule has 0 saturated heterocycles. The molecule has 0 saturated carbocycles. The molecule has 0 aliphatic rings. The summed E-state index contributed by atoms with van der Waals surface area (Å²) in [6.07, 6.45) is 0.782. The van der Waals surface area contributed by atoms with Gasteiger partial charge >= 0.3 is 5.97 Å². The summed E-state index contributed by atoms with van der Waals surface area (Å²) in [6.45, 7) is 3.69. The normalized spacial score (nSPS) is 13.3. The fourth-order valence-corrected chi connectivity index (χ4v) is 1.03. The van der Waals surface area contributed by atoms with E-state index >= 15 is 0 Å². The summed E-state index contributed by atoms with van der Waals surface area (Å²) in [5.41, 5.74) is 5.14. The van der Waals surface area contributed by atoms with Crippen LogP contribution in [-0.4, -0.2) is 31.6 Å². The number of ether oxygens (including phenoxy) is 1. The number of methoxy groups -OCH3 is 1. The van der Waals surface area contributed by atoms with Gasteiger partial charge in [-0.05, 0) is 5.92 Å². The van der Waals surface area contributed by atoms with Crippen molar-refractivity contribution in [3.05, 3.63) is 0 Å². The maximum Gasteiger partial charge on any atom is 0.328 e. The maximum absolute atomic E-state index is 11.3. The van der Waals surface area contributed by atoms with Crippen molar-refractivity contribution in [2.75, 3.05) is 13.7 Å². The third-order valence-electron chi connectivity index (χ3n) is 2.17. The van der Waals surface area contributed by atoms with Gasteiger partial charge in [-0.2, -0.15) is 0 Å². The van der Waals surface area contributed by atoms with Crippen molar-refractivity contribution >= 4 is 24.3 Å². The average molecular weight is 239 g/mol. The van der Waals surface area contributed by atoms with Gasteiger partial charge in [-0.3, -0.25) is 4.79 Å². The molecule has 2 atom stereocenters. The molecule has 5 nitrogen and oxygen atoms in total. The topological polar surface area (TPSA) is 81.4 Å². The molecular formula is C9H19ClN2O3. The van der Waals surface area contributed by atoms with Gasteiger partial charge in [0.05, 0.1) is 13.7 Å². The lowest BCUT2D eigenvalue weighted by molar-refractivity contribution is -0.146. The van der Waals surface area contributed by atoms with Crippen LogP contribution in [-0.2, 0) is 14.3 Å². The Morgan fingerprint density at radius 2 is 2.00 bits per heavy atom. The fourth-order valence-electron chi connectivity index (χ4n) is 1.03. The van der Waals surface area contributed by atoms with Crippen molar-refractivity contribution in [3.8, 4) is 0 Å². The Hall–Kier alpha value is -0.810. The Balaban J connectivity index is 0. The molecule has 0 bridgehead atoms. The molecule has 3 N–H and O–H groups in total. The maximum atomic E-state index is 11.3. The van der Waals surface area contributed by atoms with Crippen LogP contribution in [0.15, 0.2) is 0 Å². The van der Waals surface area contributed by atoms with Crippen molar-refractivity contribution < 1.29 is 14.3 Å². The minimum atomic E-state index is -0.596. The first-order valence-electron chi connectivity index (χ1n) is 4.64. The first kappa shape index (κ1) is 16.6. The minimum Gasteiger partial charge on any atom is -0.467 e. The van der Waals surface area contributed by atoms with Crippen LogP contribution in [0.3, 0.4) is 0 Å². The third-order valence-corrected chi connectivity index (χ3v) is 2.17. The van der Waals surface area contributed by atoms with E-state index in [-0.39, 0.29) is 30.8 Å². The third kappa shape index (κ3) is 5.59. The number of hydrogen-bond donors (Lipinski definition) is 2. The van der Waals surface area contributed by atoms with Crippen molar-refractivity contribution in [2.45, 2.75) is 26.3 Å². The van der Waals surface area contributed by atoms with E-state index in [9.17, 15) is 9.59 Å². The number of carbonyl (C=O) groups is 2. The zero-order valence-corrected chi connectivity index (χ0v) is 10.1. The molecule has 0 heterocycles. The predicted octanol–water partition coefficient (Wildman–Crippen LogP) is 0.0708. The molecule has 0 aliphatic carbocycles. The quantitative estimate of drug-likeness (QED) is 0.665.